The molecule has 0 amide bonds. The highest BCUT2D eigenvalue weighted by Crippen LogP contribution is 2.70. The van der Waals surface area contributed by atoms with Gasteiger partial charge in [-0.15, -0.1) is 0 Å². The van der Waals surface area contributed by atoms with Crippen molar-refractivity contribution < 1.29 is 32.9 Å². The van der Waals surface area contributed by atoms with Crippen LogP contribution in [0.4, 0.5) is 8.78 Å². The summed E-state index contributed by atoms with van der Waals surface area (Å²) in [6.45, 7) is 0.878. The Balaban J connectivity index is 1.62. The second-order valence-corrected chi connectivity index (χ2v) is 11.0. The number of benzene rings is 2. The number of nitriles is 1. The van der Waals surface area contributed by atoms with Crippen molar-refractivity contribution in [1.29, 1.82) is 5.26 Å². The number of alkyl halides is 2. The van der Waals surface area contributed by atoms with Crippen LogP contribution < -0.4 is 19.7 Å². The van der Waals surface area contributed by atoms with E-state index in [1.807, 2.05) is 35.2 Å². The molecular formula is C31H32F2N4O5. The third-order valence-corrected chi connectivity index (χ3v) is 8.95. The maximum Gasteiger partial charge on any atom is 0.243 e. The first-order chi connectivity index (χ1) is 20.3. The number of hydroxylamine groups is 1. The Bertz CT molecular complexity index is 1480. The zero-order chi connectivity index (χ0) is 29.6. The molecule has 3 heterocycles. The van der Waals surface area contributed by atoms with Gasteiger partial charge in [0.2, 0.25) is 18.2 Å². The van der Waals surface area contributed by atoms with Gasteiger partial charge in [-0.25, -0.2) is 8.78 Å². The minimum absolute atomic E-state index is 0.124. The van der Waals surface area contributed by atoms with Gasteiger partial charge in [0.15, 0.2) is 11.2 Å². The van der Waals surface area contributed by atoms with Crippen LogP contribution in [0.2, 0.25) is 0 Å². The minimum atomic E-state index is -2.39. The van der Waals surface area contributed by atoms with Crippen molar-refractivity contribution in [3.8, 4) is 23.6 Å². The normalized spacial score (nSPS) is 28.5. The van der Waals surface area contributed by atoms with Gasteiger partial charge in [-0.1, -0.05) is 42.5 Å². The number of halogens is 2. The highest BCUT2D eigenvalue weighted by Gasteiger charge is 2.77. The van der Waals surface area contributed by atoms with E-state index in [2.05, 4.69) is 16.5 Å². The summed E-state index contributed by atoms with van der Waals surface area (Å²) in [6.07, 6.45) is -2.39. The van der Waals surface area contributed by atoms with Crippen LogP contribution in [-0.4, -0.2) is 68.4 Å². The van der Waals surface area contributed by atoms with Gasteiger partial charge in [0.05, 0.1) is 44.6 Å². The molecule has 0 radical (unpaired) electrons. The fourth-order valence-electron chi connectivity index (χ4n) is 7.21. The molecule has 220 valence electrons. The van der Waals surface area contributed by atoms with Crippen molar-refractivity contribution in [2.75, 3.05) is 41.0 Å². The quantitative estimate of drug-likeness (QED) is 0.369. The summed E-state index contributed by atoms with van der Waals surface area (Å²) in [4.78, 5) is 12.0. The average Bonchev–Trinajstić information content (AvgIpc) is 3.36. The van der Waals surface area contributed by atoms with Crippen LogP contribution in [0.5, 0.6) is 17.5 Å². The van der Waals surface area contributed by atoms with Crippen LogP contribution in [0.15, 0.2) is 60.7 Å². The van der Waals surface area contributed by atoms with Gasteiger partial charge in [-0.3, -0.25) is 0 Å². The van der Waals surface area contributed by atoms with E-state index in [1.165, 1.54) is 21.3 Å². The molecule has 9 nitrogen and oxygen atoms in total. The van der Waals surface area contributed by atoms with Crippen LogP contribution in [0.3, 0.4) is 0 Å². The Morgan fingerprint density at radius 2 is 1.83 bits per heavy atom. The molecule has 2 aliphatic heterocycles. The maximum absolute atomic E-state index is 13.4. The second kappa shape index (κ2) is 10.8. The molecule has 3 aliphatic rings. The molecule has 0 spiro atoms. The summed E-state index contributed by atoms with van der Waals surface area (Å²) in [6, 6.07) is 19.6. The Hall–Kier alpha value is -3.82. The number of nitrogens with one attached hydrogen (secondary N) is 1. The van der Waals surface area contributed by atoms with E-state index in [1.54, 1.807) is 30.3 Å². The first-order valence-electron chi connectivity index (χ1n) is 13.7. The number of likely N-dealkylation sites (tertiary alicyclic amines) is 1. The fourth-order valence-corrected chi connectivity index (χ4v) is 7.21. The van der Waals surface area contributed by atoms with Crippen molar-refractivity contribution in [2.45, 2.75) is 29.6 Å². The summed E-state index contributed by atoms with van der Waals surface area (Å²) in [7, 11) is 4.40. The first kappa shape index (κ1) is 28.3. The molecular weight excluding hydrogens is 546 g/mol. The fraction of sp³-hybridized carbons (Fsp3) is 0.419. The Morgan fingerprint density at radius 3 is 2.43 bits per heavy atom. The van der Waals surface area contributed by atoms with E-state index < -0.39 is 41.4 Å². The SMILES string of the molecule is CON[C@@H]1[C@H](CN2CC(C(F)F)C2)[C@@H](c2ccccc2)[C@]2(c3ccc(C#N)cc3)Oc3cc(OC)nc(OC)c3[C@]12O. The molecule has 1 aliphatic carbocycles. The lowest BCUT2D eigenvalue weighted by atomic mass is 9.70. The molecule has 6 rings (SSSR count). The Labute approximate surface area is 242 Å². The summed E-state index contributed by atoms with van der Waals surface area (Å²) in [5.41, 5.74) is 2.02. The number of hydrogen-bond acceptors (Lipinski definition) is 9. The molecule has 5 atom stereocenters. The number of rotatable bonds is 9. The standard InChI is InChI=1S/C31H32F2N4O5/c1-39-24-13-23-26(29(35-24)40-2)30(38)27(36-41-3)22(17-37-15-20(16-37)28(32)33)25(19-7-5-4-6-8-19)31(30,42-23)21-11-9-18(14-34)10-12-21/h4-13,20,22,25,27-28,36,38H,15-17H2,1-3H3/t22-,25-,27-,30+,31+/m1/s1. The monoisotopic (exact) mass is 578 g/mol. The van der Waals surface area contributed by atoms with Crippen molar-refractivity contribution >= 4 is 0 Å². The first-order valence-corrected chi connectivity index (χ1v) is 13.7. The van der Waals surface area contributed by atoms with E-state index in [0.717, 1.165) is 5.56 Å². The highest BCUT2D eigenvalue weighted by atomic mass is 19.3. The molecule has 2 fully saturated rings. The number of pyridine rings is 1. The van der Waals surface area contributed by atoms with E-state index in [9.17, 15) is 19.1 Å². The maximum atomic E-state index is 13.4. The summed E-state index contributed by atoms with van der Waals surface area (Å²) in [5.74, 6) is -0.912. The number of hydrogen-bond donors (Lipinski definition) is 2. The van der Waals surface area contributed by atoms with Gasteiger partial charge >= 0.3 is 0 Å². The van der Waals surface area contributed by atoms with Crippen LogP contribution in [0.1, 0.15) is 28.2 Å². The van der Waals surface area contributed by atoms with Gasteiger partial charge in [0.25, 0.3) is 0 Å². The lowest BCUT2D eigenvalue weighted by molar-refractivity contribution is -0.137. The number of ether oxygens (including phenoxy) is 3. The molecule has 1 aromatic heterocycles. The predicted octanol–water partition coefficient (Wildman–Crippen LogP) is 3.58. The lowest BCUT2D eigenvalue weighted by Crippen LogP contribution is -2.57. The molecule has 0 bridgehead atoms. The van der Waals surface area contributed by atoms with Crippen molar-refractivity contribution in [3.05, 3.63) is 82.9 Å². The minimum Gasteiger partial charge on any atom is -0.481 e. The molecule has 2 N–H and O–H groups in total. The van der Waals surface area contributed by atoms with E-state index in [-0.39, 0.29) is 24.8 Å². The third-order valence-electron chi connectivity index (χ3n) is 8.95. The summed E-state index contributed by atoms with van der Waals surface area (Å²) < 4.78 is 45.0. The van der Waals surface area contributed by atoms with Crippen LogP contribution in [-0.2, 0) is 16.0 Å². The molecule has 2 aromatic carbocycles. The van der Waals surface area contributed by atoms with Gasteiger partial charge < -0.3 is 29.1 Å². The third kappa shape index (κ3) is 4.05. The molecule has 1 saturated carbocycles. The zero-order valence-corrected chi connectivity index (χ0v) is 23.5. The predicted molar refractivity (Wildman–Crippen MR) is 147 cm³/mol. The van der Waals surface area contributed by atoms with Gasteiger partial charge in [-0.2, -0.15) is 15.7 Å². The number of methoxy groups -OCH3 is 2. The van der Waals surface area contributed by atoms with Crippen LogP contribution >= 0.6 is 0 Å². The number of aromatic nitrogens is 1. The highest BCUT2D eigenvalue weighted by molar-refractivity contribution is 5.60. The van der Waals surface area contributed by atoms with Gasteiger partial charge in [0.1, 0.15) is 5.75 Å². The van der Waals surface area contributed by atoms with Gasteiger partial charge in [-0.05, 0) is 23.3 Å². The molecule has 11 heteroatoms. The average molecular weight is 579 g/mol. The lowest BCUT2D eigenvalue weighted by Gasteiger charge is -2.43. The topological polar surface area (TPSA) is 109 Å². The van der Waals surface area contributed by atoms with E-state index >= 15 is 0 Å². The zero-order valence-electron chi connectivity index (χ0n) is 23.5. The molecule has 1 saturated heterocycles. The Morgan fingerprint density at radius 1 is 1.12 bits per heavy atom. The number of nitrogens with zero attached hydrogens (tertiary/aromatic N) is 3. The van der Waals surface area contributed by atoms with E-state index in [4.69, 9.17) is 19.0 Å². The smallest absolute Gasteiger partial charge is 0.243 e. The molecule has 3 aromatic rings. The number of fused-ring (bicyclic) bond motifs is 3. The largest absolute Gasteiger partial charge is 0.481 e. The molecule has 0 unspecified atom stereocenters. The van der Waals surface area contributed by atoms with Crippen molar-refractivity contribution in [1.82, 2.24) is 15.4 Å². The second-order valence-electron chi connectivity index (χ2n) is 11.0. The van der Waals surface area contributed by atoms with Crippen molar-refractivity contribution in [2.24, 2.45) is 11.8 Å². The van der Waals surface area contributed by atoms with Crippen molar-refractivity contribution in [3.63, 3.8) is 0 Å². The summed E-state index contributed by atoms with van der Waals surface area (Å²) >= 11 is 0. The van der Waals surface area contributed by atoms with E-state index in [0.29, 0.717) is 29.0 Å². The van der Waals surface area contributed by atoms with Crippen LogP contribution in [0, 0.1) is 23.2 Å². The van der Waals surface area contributed by atoms with Gasteiger partial charge in [0, 0.05) is 43.5 Å². The summed E-state index contributed by atoms with van der Waals surface area (Å²) in [5, 5.41) is 22.8. The number of aliphatic hydroxyl groups is 1. The van der Waals surface area contributed by atoms with Crippen LogP contribution in [0.25, 0.3) is 0 Å². The molecule has 42 heavy (non-hydrogen) atoms. The Kier molecular flexibility index (Phi) is 7.27.